The molecule has 0 saturated carbocycles. The number of rotatable bonds is 3. The Hall–Kier alpha value is -1.57. The standard InChI is InChI=1S/C16H21N3O/c1-11-15-8-18-7-14(15)10-19(11)9-12-3-4-16(20-2)13(5-12)6-17/h3-5,11,14-15,18H,7-10H2,1-2H3. The Morgan fingerprint density at radius 2 is 2.30 bits per heavy atom. The van der Waals surface area contributed by atoms with E-state index in [-0.39, 0.29) is 0 Å². The van der Waals surface area contributed by atoms with Crippen LogP contribution in [-0.4, -0.2) is 37.7 Å². The maximum Gasteiger partial charge on any atom is 0.136 e. The van der Waals surface area contributed by atoms with Crippen LogP contribution in [0.2, 0.25) is 0 Å². The minimum absolute atomic E-state index is 0.614. The summed E-state index contributed by atoms with van der Waals surface area (Å²) in [6.45, 7) is 6.71. The fraction of sp³-hybridized carbons (Fsp3) is 0.562. The van der Waals surface area contributed by atoms with Gasteiger partial charge in [-0.05, 0) is 49.5 Å². The lowest BCUT2D eigenvalue weighted by Gasteiger charge is -2.24. The van der Waals surface area contributed by atoms with Crippen LogP contribution < -0.4 is 10.1 Å². The number of likely N-dealkylation sites (tertiary alicyclic amines) is 1. The molecule has 1 N–H and O–H groups in total. The van der Waals surface area contributed by atoms with E-state index >= 15 is 0 Å². The van der Waals surface area contributed by atoms with Crippen molar-refractivity contribution in [3.63, 3.8) is 0 Å². The van der Waals surface area contributed by atoms with Crippen LogP contribution >= 0.6 is 0 Å². The Kier molecular flexibility index (Phi) is 3.64. The van der Waals surface area contributed by atoms with Crippen molar-refractivity contribution < 1.29 is 4.74 Å². The van der Waals surface area contributed by atoms with Crippen molar-refractivity contribution >= 4 is 0 Å². The van der Waals surface area contributed by atoms with Crippen molar-refractivity contribution in [1.29, 1.82) is 5.26 Å². The van der Waals surface area contributed by atoms with Gasteiger partial charge in [0.2, 0.25) is 0 Å². The monoisotopic (exact) mass is 271 g/mol. The van der Waals surface area contributed by atoms with Crippen molar-refractivity contribution in [2.24, 2.45) is 11.8 Å². The molecule has 3 unspecified atom stereocenters. The van der Waals surface area contributed by atoms with Crippen LogP contribution in [0.25, 0.3) is 0 Å². The normalized spacial score (nSPS) is 29.1. The highest BCUT2D eigenvalue weighted by molar-refractivity contribution is 5.45. The topological polar surface area (TPSA) is 48.3 Å². The lowest BCUT2D eigenvalue weighted by molar-refractivity contribution is 0.231. The van der Waals surface area contributed by atoms with Crippen LogP contribution in [0.5, 0.6) is 5.75 Å². The Morgan fingerprint density at radius 1 is 1.45 bits per heavy atom. The summed E-state index contributed by atoms with van der Waals surface area (Å²) in [6.07, 6.45) is 0. The zero-order valence-corrected chi connectivity index (χ0v) is 12.1. The van der Waals surface area contributed by atoms with E-state index in [1.165, 1.54) is 5.56 Å². The van der Waals surface area contributed by atoms with Crippen LogP contribution in [0.4, 0.5) is 0 Å². The van der Waals surface area contributed by atoms with E-state index in [0.29, 0.717) is 17.4 Å². The SMILES string of the molecule is COc1ccc(CN2CC3CNCC3C2C)cc1C#N. The Balaban J connectivity index is 1.74. The van der Waals surface area contributed by atoms with Gasteiger partial charge in [-0.2, -0.15) is 5.26 Å². The predicted molar refractivity (Wildman–Crippen MR) is 77.4 cm³/mol. The second kappa shape index (κ2) is 5.43. The molecular weight excluding hydrogens is 250 g/mol. The first-order chi connectivity index (χ1) is 9.72. The maximum atomic E-state index is 9.17. The van der Waals surface area contributed by atoms with Crippen LogP contribution in [0, 0.1) is 23.2 Å². The van der Waals surface area contributed by atoms with Crippen molar-refractivity contribution in [2.45, 2.75) is 19.5 Å². The minimum Gasteiger partial charge on any atom is -0.495 e. The molecule has 0 spiro atoms. The molecule has 0 amide bonds. The molecule has 2 aliphatic rings. The molecule has 4 heteroatoms. The number of hydrogen-bond donors (Lipinski definition) is 1. The van der Waals surface area contributed by atoms with Gasteiger partial charge < -0.3 is 10.1 Å². The highest BCUT2D eigenvalue weighted by Crippen LogP contribution is 2.33. The second-order valence-corrected chi connectivity index (χ2v) is 5.90. The third-order valence-electron chi connectivity index (χ3n) is 4.83. The van der Waals surface area contributed by atoms with Gasteiger partial charge >= 0.3 is 0 Å². The smallest absolute Gasteiger partial charge is 0.136 e. The highest BCUT2D eigenvalue weighted by atomic mass is 16.5. The van der Waals surface area contributed by atoms with Crippen molar-refractivity contribution in [3.05, 3.63) is 29.3 Å². The molecule has 2 aliphatic heterocycles. The molecular formula is C16H21N3O. The molecule has 0 radical (unpaired) electrons. The van der Waals surface area contributed by atoms with E-state index in [1.54, 1.807) is 7.11 Å². The number of nitriles is 1. The maximum absolute atomic E-state index is 9.17. The summed E-state index contributed by atoms with van der Waals surface area (Å²) in [5, 5.41) is 12.7. The molecule has 0 bridgehead atoms. The molecule has 2 fully saturated rings. The number of fused-ring (bicyclic) bond motifs is 1. The average Bonchev–Trinajstić information content (AvgIpc) is 3.03. The van der Waals surface area contributed by atoms with Gasteiger partial charge in [0.1, 0.15) is 11.8 Å². The predicted octanol–water partition coefficient (Wildman–Crippen LogP) is 1.61. The second-order valence-electron chi connectivity index (χ2n) is 5.90. The molecule has 106 valence electrons. The Bertz CT molecular complexity index is 537. The molecule has 1 aromatic rings. The van der Waals surface area contributed by atoms with E-state index in [0.717, 1.165) is 38.0 Å². The highest BCUT2D eigenvalue weighted by Gasteiger charge is 2.41. The molecule has 20 heavy (non-hydrogen) atoms. The molecule has 4 nitrogen and oxygen atoms in total. The van der Waals surface area contributed by atoms with E-state index in [9.17, 15) is 0 Å². The number of nitrogens with one attached hydrogen (secondary N) is 1. The van der Waals surface area contributed by atoms with Crippen LogP contribution in [0.15, 0.2) is 18.2 Å². The van der Waals surface area contributed by atoms with E-state index in [1.807, 2.05) is 12.1 Å². The summed E-state index contributed by atoms with van der Waals surface area (Å²) in [4.78, 5) is 2.54. The van der Waals surface area contributed by atoms with Crippen LogP contribution in [0.1, 0.15) is 18.1 Å². The van der Waals surface area contributed by atoms with Crippen LogP contribution in [0.3, 0.4) is 0 Å². The van der Waals surface area contributed by atoms with Gasteiger partial charge in [-0.25, -0.2) is 0 Å². The minimum atomic E-state index is 0.614. The van der Waals surface area contributed by atoms with Crippen molar-refractivity contribution in [1.82, 2.24) is 10.2 Å². The summed E-state index contributed by atoms with van der Waals surface area (Å²) in [5.74, 6) is 2.23. The van der Waals surface area contributed by atoms with Gasteiger partial charge in [-0.3, -0.25) is 4.90 Å². The fourth-order valence-corrected chi connectivity index (χ4v) is 3.64. The molecule has 1 aromatic carbocycles. The van der Waals surface area contributed by atoms with E-state index in [2.05, 4.69) is 29.3 Å². The number of methoxy groups -OCH3 is 1. The van der Waals surface area contributed by atoms with Gasteiger partial charge in [0.15, 0.2) is 0 Å². The van der Waals surface area contributed by atoms with E-state index < -0.39 is 0 Å². The summed E-state index contributed by atoms with van der Waals surface area (Å²) in [7, 11) is 1.60. The third kappa shape index (κ3) is 2.28. The molecule has 0 aromatic heterocycles. The summed E-state index contributed by atoms with van der Waals surface area (Å²) in [6, 6.07) is 8.75. The van der Waals surface area contributed by atoms with Crippen molar-refractivity contribution in [3.8, 4) is 11.8 Å². The van der Waals surface area contributed by atoms with Gasteiger partial charge in [0.05, 0.1) is 12.7 Å². The number of nitrogens with zero attached hydrogens (tertiary/aromatic N) is 2. The van der Waals surface area contributed by atoms with Gasteiger partial charge in [-0.15, -0.1) is 0 Å². The van der Waals surface area contributed by atoms with Crippen molar-refractivity contribution in [2.75, 3.05) is 26.7 Å². The van der Waals surface area contributed by atoms with Crippen LogP contribution in [-0.2, 0) is 6.54 Å². The molecule has 3 rings (SSSR count). The summed E-state index contributed by atoms with van der Waals surface area (Å²) in [5.41, 5.74) is 1.82. The number of ether oxygens (including phenoxy) is 1. The lowest BCUT2D eigenvalue weighted by atomic mass is 9.95. The first-order valence-corrected chi connectivity index (χ1v) is 7.24. The first-order valence-electron chi connectivity index (χ1n) is 7.24. The third-order valence-corrected chi connectivity index (χ3v) is 4.83. The largest absolute Gasteiger partial charge is 0.495 e. The molecule has 2 saturated heterocycles. The lowest BCUT2D eigenvalue weighted by Crippen LogP contribution is -2.32. The number of hydrogen-bond acceptors (Lipinski definition) is 4. The fourth-order valence-electron chi connectivity index (χ4n) is 3.64. The van der Waals surface area contributed by atoms with Gasteiger partial charge in [-0.1, -0.05) is 6.07 Å². The zero-order chi connectivity index (χ0) is 14.1. The molecule has 3 atom stereocenters. The summed E-state index contributed by atoms with van der Waals surface area (Å²) >= 11 is 0. The van der Waals surface area contributed by atoms with Gasteiger partial charge in [0.25, 0.3) is 0 Å². The average molecular weight is 271 g/mol. The first kappa shape index (κ1) is 13.4. The molecule has 2 heterocycles. The number of benzene rings is 1. The quantitative estimate of drug-likeness (QED) is 0.907. The zero-order valence-electron chi connectivity index (χ0n) is 12.1. The Morgan fingerprint density at radius 3 is 3.00 bits per heavy atom. The molecule has 0 aliphatic carbocycles. The van der Waals surface area contributed by atoms with E-state index in [4.69, 9.17) is 10.00 Å². The summed E-state index contributed by atoms with van der Waals surface area (Å²) < 4.78 is 5.20. The van der Waals surface area contributed by atoms with Gasteiger partial charge in [0, 0.05) is 19.1 Å². The Labute approximate surface area is 120 Å².